The van der Waals surface area contributed by atoms with E-state index in [0.29, 0.717) is 6.42 Å². The summed E-state index contributed by atoms with van der Waals surface area (Å²) in [5.41, 5.74) is 6.32. The largest absolute Gasteiger partial charge is 0.469 e. The molecule has 1 aliphatic rings. The molecule has 1 atom stereocenters. The summed E-state index contributed by atoms with van der Waals surface area (Å²) in [6, 6.07) is 29.2. The van der Waals surface area contributed by atoms with Crippen LogP contribution in [0.25, 0.3) is 11.1 Å². The number of methoxy groups -OCH3 is 1. The minimum Gasteiger partial charge on any atom is -0.469 e. The molecule has 43 heavy (non-hydrogen) atoms. The highest BCUT2D eigenvalue weighted by Crippen LogP contribution is 2.44. The maximum absolute atomic E-state index is 12.7. The second kappa shape index (κ2) is 13.1. The van der Waals surface area contributed by atoms with Gasteiger partial charge in [0.2, 0.25) is 0 Å². The summed E-state index contributed by atoms with van der Waals surface area (Å²) in [7, 11) is -2.65. The lowest BCUT2D eigenvalue weighted by Crippen LogP contribution is -2.32. The van der Waals surface area contributed by atoms with Gasteiger partial charge >= 0.3 is 22.2 Å². The quantitative estimate of drug-likeness (QED) is 0.166. The summed E-state index contributed by atoms with van der Waals surface area (Å²) in [5, 5.41) is 2.80. The lowest BCUT2D eigenvalue weighted by Gasteiger charge is -2.18. The molecule has 0 radical (unpaired) electrons. The Kier molecular flexibility index (Phi) is 9.11. The third-order valence-corrected chi connectivity index (χ3v) is 8.79. The van der Waals surface area contributed by atoms with Crippen LogP contribution in [-0.4, -0.2) is 40.7 Å². The van der Waals surface area contributed by atoms with Crippen molar-refractivity contribution in [3.8, 4) is 16.9 Å². The average molecular weight is 600 g/mol. The minimum absolute atomic E-state index is 0.0560. The molecule has 0 heterocycles. The second-order valence-electron chi connectivity index (χ2n) is 10.6. The predicted octanol–water partition coefficient (Wildman–Crippen LogP) is 6.02. The first-order valence-electron chi connectivity index (χ1n) is 14.0. The number of esters is 1. The zero-order valence-electron chi connectivity index (χ0n) is 24.0. The molecule has 4 aromatic carbocycles. The lowest BCUT2D eigenvalue weighted by molar-refractivity contribution is -0.141. The van der Waals surface area contributed by atoms with Gasteiger partial charge in [0.05, 0.1) is 13.5 Å². The van der Waals surface area contributed by atoms with Gasteiger partial charge in [-0.05, 0) is 71.3 Å². The Bertz CT molecular complexity index is 1650. The van der Waals surface area contributed by atoms with E-state index in [-0.39, 0.29) is 42.1 Å². The van der Waals surface area contributed by atoms with E-state index in [1.807, 2.05) is 31.2 Å². The molecule has 5 rings (SSSR count). The van der Waals surface area contributed by atoms with Crippen molar-refractivity contribution in [2.45, 2.75) is 30.6 Å². The first-order valence-corrected chi connectivity index (χ1v) is 15.4. The van der Waals surface area contributed by atoms with Crippen LogP contribution in [0.4, 0.5) is 4.79 Å². The predicted molar refractivity (Wildman–Crippen MR) is 162 cm³/mol. The number of carbonyl (C=O) groups excluding carboxylic acids is 2. The molecule has 222 valence electrons. The van der Waals surface area contributed by atoms with Crippen molar-refractivity contribution < 1.29 is 31.7 Å². The van der Waals surface area contributed by atoms with E-state index in [1.54, 1.807) is 36.4 Å². The molecule has 8 nitrogen and oxygen atoms in total. The summed E-state index contributed by atoms with van der Waals surface area (Å²) in [5.74, 6) is -0.565. The zero-order valence-corrected chi connectivity index (χ0v) is 24.8. The van der Waals surface area contributed by atoms with Crippen molar-refractivity contribution in [2.75, 3.05) is 20.3 Å². The number of carbonyl (C=O) groups is 2. The van der Waals surface area contributed by atoms with Crippen molar-refractivity contribution in [3.05, 3.63) is 119 Å². The summed E-state index contributed by atoms with van der Waals surface area (Å²) in [6.45, 7) is 2.25. The number of amides is 1. The molecular formula is C34H33NO7S. The normalized spacial score (nSPS) is 13.0. The molecule has 0 aliphatic heterocycles. The Morgan fingerprint density at radius 1 is 0.837 bits per heavy atom. The first-order chi connectivity index (χ1) is 20.7. The molecule has 0 saturated heterocycles. The van der Waals surface area contributed by atoms with E-state index in [1.165, 1.54) is 19.2 Å². The van der Waals surface area contributed by atoms with Crippen molar-refractivity contribution >= 4 is 22.2 Å². The van der Waals surface area contributed by atoms with E-state index in [2.05, 4.69) is 29.6 Å². The van der Waals surface area contributed by atoms with E-state index < -0.39 is 22.2 Å². The average Bonchev–Trinajstić information content (AvgIpc) is 3.33. The molecule has 0 spiro atoms. The number of hydrogen-bond donors (Lipinski definition) is 1. The number of fused-ring (bicyclic) bond motifs is 3. The zero-order chi connectivity index (χ0) is 30.4. The van der Waals surface area contributed by atoms with Gasteiger partial charge in [-0.3, -0.25) is 4.79 Å². The molecule has 9 heteroatoms. The van der Waals surface area contributed by atoms with Gasteiger partial charge in [0.1, 0.15) is 17.3 Å². The van der Waals surface area contributed by atoms with E-state index in [4.69, 9.17) is 13.7 Å². The highest BCUT2D eigenvalue weighted by Gasteiger charge is 2.29. The van der Waals surface area contributed by atoms with Crippen LogP contribution in [0.15, 0.2) is 102 Å². The molecule has 1 amide bonds. The van der Waals surface area contributed by atoms with Gasteiger partial charge in [-0.2, -0.15) is 8.42 Å². The lowest BCUT2D eigenvalue weighted by atomic mass is 9.96. The summed E-state index contributed by atoms with van der Waals surface area (Å²) >= 11 is 0. The molecular weight excluding hydrogens is 566 g/mol. The monoisotopic (exact) mass is 599 g/mol. The van der Waals surface area contributed by atoms with Gasteiger partial charge in [-0.1, -0.05) is 78.4 Å². The van der Waals surface area contributed by atoms with Gasteiger partial charge in [-0.25, -0.2) is 4.79 Å². The number of nitrogens with one attached hydrogen (secondary N) is 1. The van der Waals surface area contributed by atoms with Gasteiger partial charge in [0, 0.05) is 12.5 Å². The first kappa shape index (κ1) is 29.8. The number of alkyl carbamates (subject to hydrolysis) is 1. The molecule has 1 unspecified atom stereocenters. The maximum Gasteiger partial charge on any atom is 0.407 e. The Morgan fingerprint density at radius 2 is 1.44 bits per heavy atom. The maximum atomic E-state index is 12.7. The highest BCUT2D eigenvalue weighted by molar-refractivity contribution is 7.87. The fraction of sp³-hybridized carbons (Fsp3) is 0.235. The van der Waals surface area contributed by atoms with Gasteiger partial charge in [0.15, 0.2) is 0 Å². The van der Waals surface area contributed by atoms with Crippen LogP contribution >= 0.6 is 0 Å². The van der Waals surface area contributed by atoms with Gasteiger partial charge in [0.25, 0.3) is 0 Å². The molecule has 1 N–H and O–H groups in total. The van der Waals surface area contributed by atoms with Gasteiger partial charge in [-0.15, -0.1) is 0 Å². The molecule has 4 aromatic rings. The molecule has 0 fully saturated rings. The van der Waals surface area contributed by atoms with Gasteiger partial charge < -0.3 is 19.0 Å². The number of benzene rings is 4. The SMILES string of the molecule is COC(=O)CC(CNC(=O)OCC1c2ccccc2-c2ccccc21)Cc1ccc(OS(=O)(=O)c2ccc(C)cc2)cc1. The standard InChI is InChI=1S/C34H33NO7S/c1-23-11-17-27(18-12-23)43(38,39)42-26-15-13-24(14-16-26)19-25(20-33(36)40-2)21-35-34(37)41-22-32-30-9-5-3-7-28(30)29-8-4-6-10-31(29)32/h3-18,25,32H,19-22H2,1-2H3,(H,35,37). The number of hydrogen-bond acceptors (Lipinski definition) is 7. The minimum atomic E-state index is -3.97. The summed E-state index contributed by atoms with van der Waals surface area (Å²) in [6.07, 6.45) is -0.0500. The smallest absolute Gasteiger partial charge is 0.407 e. The Morgan fingerprint density at radius 3 is 2.05 bits per heavy atom. The third kappa shape index (κ3) is 7.24. The second-order valence-corrected chi connectivity index (χ2v) is 12.1. The topological polar surface area (TPSA) is 108 Å². The Labute approximate surface area is 251 Å². The van der Waals surface area contributed by atoms with E-state index >= 15 is 0 Å². The van der Waals surface area contributed by atoms with Crippen molar-refractivity contribution in [1.82, 2.24) is 5.32 Å². The van der Waals surface area contributed by atoms with E-state index in [0.717, 1.165) is 33.4 Å². The van der Waals surface area contributed by atoms with Crippen LogP contribution in [0.2, 0.25) is 0 Å². The fourth-order valence-electron chi connectivity index (χ4n) is 5.31. The summed E-state index contributed by atoms with van der Waals surface area (Å²) in [4.78, 5) is 24.9. The third-order valence-electron chi connectivity index (χ3n) is 7.53. The van der Waals surface area contributed by atoms with Crippen LogP contribution in [0, 0.1) is 12.8 Å². The van der Waals surface area contributed by atoms with Crippen LogP contribution in [-0.2, 0) is 30.8 Å². The van der Waals surface area contributed by atoms with Crippen LogP contribution in [0.1, 0.15) is 34.6 Å². The van der Waals surface area contributed by atoms with Crippen molar-refractivity contribution in [3.63, 3.8) is 0 Å². The fourth-order valence-corrected chi connectivity index (χ4v) is 6.24. The molecule has 0 bridgehead atoms. The van der Waals surface area contributed by atoms with Crippen LogP contribution < -0.4 is 9.50 Å². The number of aryl methyl sites for hydroxylation is 1. The summed E-state index contributed by atoms with van der Waals surface area (Å²) < 4.78 is 41.0. The van der Waals surface area contributed by atoms with Crippen molar-refractivity contribution in [2.24, 2.45) is 5.92 Å². The van der Waals surface area contributed by atoms with Crippen LogP contribution in [0.5, 0.6) is 5.75 Å². The highest BCUT2D eigenvalue weighted by atomic mass is 32.2. The molecule has 0 saturated carbocycles. The van der Waals surface area contributed by atoms with Crippen molar-refractivity contribution in [1.29, 1.82) is 0 Å². The molecule has 0 aromatic heterocycles. The number of ether oxygens (including phenoxy) is 2. The Hall–Kier alpha value is -4.63. The molecule has 1 aliphatic carbocycles. The van der Waals surface area contributed by atoms with Crippen LogP contribution in [0.3, 0.4) is 0 Å². The Balaban J connectivity index is 1.18. The van der Waals surface area contributed by atoms with E-state index in [9.17, 15) is 18.0 Å². The number of rotatable bonds is 11.